The number of ether oxygens (including phenoxy) is 1. The second-order valence-corrected chi connectivity index (χ2v) is 7.23. The zero-order valence-corrected chi connectivity index (χ0v) is 15.3. The van der Waals surface area contributed by atoms with Gasteiger partial charge in [-0.25, -0.2) is 0 Å². The minimum atomic E-state index is -0.0457. The molecule has 128 valence electrons. The highest BCUT2D eigenvalue weighted by molar-refractivity contribution is 5.85. The first-order chi connectivity index (χ1) is 10.5. The van der Waals surface area contributed by atoms with E-state index >= 15 is 0 Å². The topological polar surface area (TPSA) is 29.5 Å². The Kier molecular flexibility index (Phi) is 5.74. The molecule has 0 N–H and O–H groups in total. The van der Waals surface area contributed by atoms with Gasteiger partial charge in [0.15, 0.2) is 0 Å². The van der Waals surface area contributed by atoms with Crippen LogP contribution in [0.1, 0.15) is 50.2 Å². The number of piperidine rings is 1. The molecule has 3 rings (SSSR count). The van der Waals surface area contributed by atoms with Gasteiger partial charge in [-0.15, -0.1) is 12.4 Å². The molecule has 2 aliphatic rings. The lowest BCUT2D eigenvalue weighted by Crippen LogP contribution is -2.49. The maximum Gasteiger partial charge on any atom is 0.311 e. The van der Waals surface area contributed by atoms with Crippen molar-refractivity contribution in [3.8, 4) is 0 Å². The lowest BCUT2D eigenvalue weighted by atomic mass is 9.76. The molecule has 0 radical (unpaired) electrons. The van der Waals surface area contributed by atoms with E-state index in [1.165, 1.54) is 17.5 Å². The summed E-state index contributed by atoms with van der Waals surface area (Å²) in [6.45, 7) is 5.97. The van der Waals surface area contributed by atoms with Crippen LogP contribution in [-0.4, -0.2) is 36.1 Å². The third-order valence-electron chi connectivity index (χ3n) is 5.40. The number of carbonyl (C=O) groups is 1. The summed E-state index contributed by atoms with van der Waals surface area (Å²) in [7, 11) is 2.17. The highest BCUT2D eigenvalue weighted by atomic mass is 35.5. The molecule has 1 aromatic rings. The number of aryl methyl sites for hydroxylation is 1. The third-order valence-corrected chi connectivity index (χ3v) is 5.40. The predicted molar refractivity (Wildman–Crippen MR) is 95.1 cm³/mol. The molecule has 2 aliphatic heterocycles. The van der Waals surface area contributed by atoms with Gasteiger partial charge in [0.1, 0.15) is 0 Å². The third kappa shape index (κ3) is 3.56. The minimum Gasteiger partial charge on any atom is -0.463 e. The summed E-state index contributed by atoms with van der Waals surface area (Å²) in [5, 5.41) is 0. The first-order valence-electron chi connectivity index (χ1n) is 8.46. The van der Waals surface area contributed by atoms with E-state index in [9.17, 15) is 4.79 Å². The summed E-state index contributed by atoms with van der Waals surface area (Å²) in [4.78, 5) is 15.2. The summed E-state index contributed by atoms with van der Waals surface area (Å²) >= 11 is 0. The van der Waals surface area contributed by atoms with Crippen LogP contribution in [0, 0.1) is 12.8 Å². The lowest BCUT2D eigenvalue weighted by molar-refractivity contribution is -0.157. The van der Waals surface area contributed by atoms with Gasteiger partial charge in [-0.3, -0.25) is 9.69 Å². The van der Waals surface area contributed by atoms with Gasteiger partial charge < -0.3 is 4.74 Å². The molecule has 4 heteroatoms. The normalized spacial score (nSPS) is 30.1. The van der Waals surface area contributed by atoms with E-state index in [2.05, 4.69) is 43.1 Å². The monoisotopic (exact) mass is 337 g/mol. The van der Waals surface area contributed by atoms with Crippen molar-refractivity contribution in [2.24, 2.45) is 5.92 Å². The zero-order chi connectivity index (χ0) is 15.9. The Hall–Kier alpha value is -1.06. The number of benzene rings is 1. The Bertz CT molecular complexity index is 543. The molecule has 0 aliphatic carbocycles. The molecule has 0 amide bonds. The van der Waals surface area contributed by atoms with Gasteiger partial charge in [0.05, 0.1) is 12.0 Å². The van der Waals surface area contributed by atoms with Gasteiger partial charge >= 0.3 is 5.97 Å². The summed E-state index contributed by atoms with van der Waals surface area (Å²) in [5.74, 6) is 0.243. The van der Waals surface area contributed by atoms with Gasteiger partial charge in [0.25, 0.3) is 0 Å². The number of esters is 1. The van der Waals surface area contributed by atoms with Crippen molar-refractivity contribution in [2.75, 3.05) is 7.05 Å². The molecule has 4 unspecified atom stereocenters. The summed E-state index contributed by atoms with van der Waals surface area (Å²) in [5.41, 5.74) is 2.56. The fraction of sp³-hybridized carbons (Fsp3) is 0.632. The van der Waals surface area contributed by atoms with E-state index in [1.807, 2.05) is 13.8 Å². The number of nitrogens with zero attached hydrogens (tertiary/aromatic N) is 1. The number of halogens is 1. The zero-order valence-electron chi connectivity index (χ0n) is 14.5. The molecular formula is C19H28ClNO2. The van der Waals surface area contributed by atoms with Crippen LogP contribution in [0.2, 0.25) is 0 Å². The summed E-state index contributed by atoms with van der Waals surface area (Å²) in [6, 6.07) is 9.64. The Morgan fingerprint density at radius 2 is 1.87 bits per heavy atom. The SMILES string of the molecule is Cc1ccc(C2CC3CCC(C2C(=O)OC(C)C)N3C)cc1.Cl. The van der Waals surface area contributed by atoms with Crippen molar-refractivity contribution in [1.82, 2.24) is 4.90 Å². The van der Waals surface area contributed by atoms with Crippen molar-refractivity contribution in [3.05, 3.63) is 35.4 Å². The van der Waals surface area contributed by atoms with Crippen LogP contribution < -0.4 is 0 Å². The largest absolute Gasteiger partial charge is 0.463 e. The smallest absolute Gasteiger partial charge is 0.311 e. The number of hydrogen-bond donors (Lipinski definition) is 0. The van der Waals surface area contributed by atoms with Crippen LogP contribution in [0.25, 0.3) is 0 Å². The van der Waals surface area contributed by atoms with Crippen LogP contribution in [0.4, 0.5) is 0 Å². The lowest BCUT2D eigenvalue weighted by Gasteiger charge is -2.42. The number of hydrogen-bond acceptors (Lipinski definition) is 3. The van der Waals surface area contributed by atoms with Crippen molar-refractivity contribution >= 4 is 18.4 Å². The van der Waals surface area contributed by atoms with E-state index in [0.29, 0.717) is 18.0 Å². The number of carbonyl (C=O) groups excluding carboxylic acids is 1. The van der Waals surface area contributed by atoms with Crippen LogP contribution >= 0.6 is 12.4 Å². The van der Waals surface area contributed by atoms with Gasteiger partial charge in [-0.1, -0.05) is 29.8 Å². The second kappa shape index (κ2) is 7.23. The molecule has 2 fully saturated rings. The van der Waals surface area contributed by atoms with E-state index in [1.54, 1.807) is 0 Å². The molecule has 4 atom stereocenters. The number of rotatable bonds is 3. The first-order valence-corrected chi connectivity index (χ1v) is 8.46. The Balaban J connectivity index is 0.00000192. The summed E-state index contributed by atoms with van der Waals surface area (Å²) in [6.07, 6.45) is 3.33. The molecule has 0 saturated carbocycles. The summed E-state index contributed by atoms with van der Waals surface area (Å²) < 4.78 is 5.60. The van der Waals surface area contributed by atoms with Gasteiger partial charge in [-0.2, -0.15) is 0 Å². The van der Waals surface area contributed by atoms with Crippen LogP contribution in [-0.2, 0) is 9.53 Å². The average molecular weight is 338 g/mol. The van der Waals surface area contributed by atoms with Gasteiger partial charge in [-0.05, 0) is 52.6 Å². The van der Waals surface area contributed by atoms with E-state index in [0.717, 1.165) is 12.8 Å². The molecule has 1 aromatic carbocycles. The number of fused-ring (bicyclic) bond motifs is 2. The molecule has 2 bridgehead atoms. The minimum absolute atomic E-state index is 0. The first kappa shape index (κ1) is 18.3. The molecule has 2 heterocycles. The standard InChI is InChI=1S/C19H27NO2.ClH/c1-12(2)22-19(21)18-16(14-7-5-13(3)6-8-14)11-15-9-10-17(18)20(15)4;/h5-8,12,15-18H,9-11H2,1-4H3;1H. The highest BCUT2D eigenvalue weighted by Gasteiger charge is 2.49. The van der Waals surface area contributed by atoms with Crippen molar-refractivity contribution in [3.63, 3.8) is 0 Å². The van der Waals surface area contributed by atoms with Crippen molar-refractivity contribution in [2.45, 2.75) is 64.1 Å². The van der Waals surface area contributed by atoms with Crippen molar-refractivity contribution in [1.29, 1.82) is 0 Å². The van der Waals surface area contributed by atoms with E-state index in [4.69, 9.17) is 4.74 Å². The van der Waals surface area contributed by atoms with Crippen LogP contribution in [0.5, 0.6) is 0 Å². The van der Waals surface area contributed by atoms with Gasteiger partial charge in [0.2, 0.25) is 0 Å². The Morgan fingerprint density at radius 3 is 2.48 bits per heavy atom. The average Bonchev–Trinajstić information content (AvgIpc) is 2.71. The van der Waals surface area contributed by atoms with E-state index in [-0.39, 0.29) is 30.4 Å². The molecular weight excluding hydrogens is 310 g/mol. The van der Waals surface area contributed by atoms with Gasteiger partial charge in [0, 0.05) is 18.0 Å². The van der Waals surface area contributed by atoms with E-state index < -0.39 is 0 Å². The fourth-order valence-corrected chi connectivity index (χ4v) is 4.26. The predicted octanol–water partition coefficient (Wildman–Crippen LogP) is 3.93. The van der Waals surface area contributed by atoms with Crippen LogP contribution in [0.15, 0.2) is 24.3 Å². The Morgan fingerprint density at radius 1 is 1.22 bits per heavy atom. The second-order valence-electron chi connectivity index (χ2n) is 7.23. The molecule has 0 aromatic heterocycles. The maximum absolute atomic E-state index is 12.7. The molecule has 0 spiro atoms. The quantitative estimate of drug-likeness (QED) is 0.782. The van der Waals surface area contributed by atoms with Crippen molar-refractivity contribution < 1.29 is 9.53 Å². The molecule has 23 heavy (non-hydrogen) atoms. The maximum atomic E-state index is 12.7. The van der Waals surface area contributed by atoms with Crippen LogP contribution in [0.3, 0.4) is 0 Å². The molecule has 2 saturated heterocycles. The highest BCUT2D eigenvalue weighted by Crippen LogP contribution is 2.46. The molecule has 3 nitrogen and oxygen atoms in total. The fourth-order valence-electron chi connectivity index (χ4n) is 4.26. The Labute approximate surface area is 145 Å².